The minimum Gasteiger partial charge on any atom is -0.497 e. The molecule has 114 valence electrons. The zero-order chi connectivity index (χ0) is 14.8. The fourth-order valence-electron chi connectivity index (χ4n) is 2.56. The number of ether oxygens (including phenoxy) is 1. The number of methoxy groups -OCH3 is 1. The summed E-state index contributed by atoms with van der Waals surface area (Å²) in [4.78, 5) is 0. The molecule has 1 N–H and O–H groups in total. The molecule has 0 fully saturated rings. The Hall–Kier alpha value is -1.02. The lowest BCUT2D eigenvalue weighted by Crippen LogP contribution is -2.27. The summed E-state index contributed by atoms with van der Waals surface area (Å²) in [6, 6.07) is 7.98. The molecule has 0 saturated carbocycles. The van der Waals surface area contributed by atoms with Gasteiger partial charge in [-0.25, -0.2) is 0 Å². The molecule has 1 aromatic rings. The maximum atomic E-state index is 10.5. The fraction of sp³-hybridized carbons (Fsp3) is 0.667. The van der Waals surface area contributed by atoms with Crippen LogP contribution in [-0.4, -0.2) is 17.8 Å². The van der Waals surface area contributed by atoms with Gasteiger partial charge >= 0.3 is 0 Å². The van der Waals surface area contributed by atoms with Crippen LogP contribution in [-0.2, 0) is 6.42 Å². The van der Waals surface area contributed by atoms with Gasteiger partial charge in [0.1, 0.15) is 5.75 Å². The highest BCUT2D eigenvalue weighted by Crippen LogP contribution is 2.22. The van der Waals surface area contributed by atoms with Crippen LogP contribution in [0.4, 0.5) is 0 Å². The summed E-state index contributed by atoms with van der Waals surface area (Å²) in [5, 5.41) is 10.5. The molecule has 20 heavy (non-hydrogen) atoms. The number of hydrogen-bond donors (Lipinski definition) is 1. The summed E-state index contributed by atoms with van der Waals surface area (Å²) >= 11 is 0. The van der Waals surface area contributed by atoms with E-state index in [2.05, 4.69) is 6.92 Å². The summed E-state index contributed by atoms with van der Waals surface area (Å²) in [7, 11) is 1.67. The molecule has 0 amide bonds. The quantitative estimate of drug-likeness (QED) is 0.626. The van der Waals surface area contributed by atoms with E-state index in [-0.39, 0.29) is 0 Å². The van der Waals surface area contributed by atoms with Crippen LogP contribution in [0.15, 0.2) is 24.3 Å². The Bertz CT molecular complexity index is 354. The second-order valence-electron chi connectivity index (χ2n) is 6.04. The first kappa shape index (κ1) is 17.0. The van der Waals surface area contributed by atoms with Crippen LogP contribution >= 0.6 is 0 Å². The van der Waals surface area contributed by atoms with Crippen molar-refractivity contribution in [3.05, 3.63) is 29.8 Å². The third-order valence-electron chi connectivity index (χ3n) is 3.81. The number of benzene rings is 1. The number of unbranched alkanes of at least 4 members (excludes halogenated alkanes) is 5. The van der Waals surface area contributed by atoms with Crippen LogP contribution in [0.3, 0.4) is 0 Å². The predicted octanol–water partition coefficient (Wildman–Crippen LogP) is 4.74. The van der Waals surface area contributed by atoms with E-state index in [0.717, 1.165) is 18.6 Å². The third-order valence-corrected chi connectivity index (χ3v) is 3.81. The highest BCUT2D eigenvalue weighted by Gasteiger charge is 2.20. The molecular weight excluding hydrogens is 248 g/mol. The van der Waals surface area contributed by atoms with Crippen LogP contribution in [0.2, 0.25) is 0 Å². The molecular formula is C18H30O2. The van der Waals surface area contributed by atoms with Crippen molar-refractivity contribution in [1.29, 1.82) is 0 Å². The van der Waals surface area contributed by atoms with Crippen LogP contribution in [0.1, 0.15) is 64.4 Å². The van der Waals surface area contributed by atoms with Gasteiger partial charge in [0.25, 0.3) is 0 Å². The maximum absolute atomic E-state index is 10.5. The number of rotatable bonds is 10. The van der Waals surface area contributed by atoms with Crippen LogP contribution in [0.5, 0.6) is 5.75 Å². The van der Waals surface area contributed by atoms with Gasteiger partial charge in [-0.1, -0.05) is 57.6 Å². The molecule has 0 radical (unpaired) electrons. The molecule has 0 aliphatic carbocycles. The first-order valence-electron chi connectivity index (χ1n) is 7.93. The Morgan fingerprint density at radius 2 is 1.60 bits per heavy atom. The van der Waals surface area contributed by atoms with E-state index in [0.29, 0.717) is 6.42 Å². The van der Waals surface area contributed by atoms with Crippen molar-refractivity contribution in [3.63, 3.8) is 0 Å². The molecule has 1 aromatic carbocycles. The zero-order valence-corrected chi connectivity index (χ0v) is 13.3. The minimum atomic E-state index is -0.598. The number of aliphatic hydroxyl groups is 1. The van der Waals surface area contributed by atoms with Crippen molar-refractivity contribution in [2.75, 3.05) is 7.11 Å². The second kappa shape index (κ2) is 9.02. The normalized spacial score (nSPS) is 14.0. The molecule has 0 aliphatic rings. The van der Waals surface area contributed by atoms with E-state index >= 15 is 0 Å². The van der Waals surface area contributed by atoms with E-state index in [4.69, 9.17) is 4.74 Å². The summed E-state index contributed by atoms with van der Waals surface area (Å²) in [6.07, 6.45) is 9.20. The second-order valence-corrected chi connectivity index (χ2v) is 6.04. The summed E-state index contributed by atoms with van der Waals surface area (Å²) in [5.41, 5.74) is 0.570. The molecule has 2 nitrogen and oxygen atoms in total. The topological polar surface area (TPSA) is 29.5 Å². The van der Waals surface area contributed by atoms with Crippen molar-refractivity contribution in [3.8, 4) is 5.75 Å². The van der Waals surface area contributed by atoms with Crippen LogP contribution < -0.4 is 4.74 Å². The molecule has 0 aliphatic heterocycles. The molecule has 2 heteroatoms. The highest BCUT2D eigenvalue weighted by atomic mass is 16.5. The summed E-state index contributed by atoms with van der Waals surface area (Å²) in [6.45, 7) is 4.18. The predicted molar refractivity (Wildman–Crippen MR) is 85.3 cm³/mol. The van der Waals surface area contributed by atoms with Gasteiger partial charge in [0.05, 0.1) is 12.7 Å². The Morgan fingerprint density at radius 3 is 2.20 bits per heavy atom. The van der Waals surface area contributed by atoms with E-state index in [1.165, 1.54) is 37.7 Å². The summed E-state index contributed by atoms with van der Waals surface area (Å²) < 4.78 is 5.15. The lowest BCUT2D eigenvalue weighted by Gasteiger charge is -2.23. The van der Waals surface area contributed by atoms with Gasteiger partial charge in [-0.3, -0.25) is 0 Å². The van der Waals surface area contributed by atoms with E-state index in [1.807, 2.05) is 31.2 Å². The average molecular weight is 278 g/mol. The van der Waals surface area contributed by atoms with Crippen LogP contribution in [0.25, 0.3) is 0 Å². The van der Waals surface area contributed by atoms with Crippen molar-refractivity contribution < 1.29 is 9.84 Å². The molecule has 0 saturated heterocycles. The fourth-order valence-corrected chi connectivity index (χ4v) is 2.56. The third kappa shape index (κ3) is 6.95. The number of hydrogen-bond acceptors (Lipinski definition) is 2. The molecule has 0 heterocycles. The van der Waals surface area contributed by atoms with Gasteiger partial charge in [-0.15, -0.1) is 0 Å². The maximum Gasteiger partial charge on any atom is 0.118 e. The highest BCUT2D eigenvalue weighted by molar-refractivity contribution is 5.27. The van der Waals surface area contributed by atoms with Gasteiger partial charge in [-0.05, 0) is 31.0 Å². The molecule has 1 atom stereocenters. The Balaban J connectivity index is 2.28. The first-order chi connectivity index (χ1) is 9.57. The monoisotopic (exact) mass is 278 g/mol. The molecule has 0 spiro atoms. The van der Waals surface area contributed by atoms with E-state index < -0.39 is 5.60 Å². The molecule has 0 aromatic heterocycles. The molecule has 1 rings (SSSR count). The van der Waals surface area contributed by atoms with E-state index in [1.54, 1.807) is 7.11 Å². The Labute approximate surface area is 124 Å². The smallest absolute Gasteiger partial charge is 0.118 e. The Kier molecular flexibility index (Phi) is 7.68. The van der Waals surface area contributed by atoms with Crippen molar-refractivity contribution in [2.45, 2.75) is 70.8 Å². The molecule has 1 unspecified atom stereocenters. The zero-order valence-electron chi connectivity index (χ0n) is 13.3. The lowest BCUT2D eigenvalue weighted by atomic mass is 9.90. The lowest BCUT2D eigenvalue weighted by molar-refractivity contribution is 0.0484. The van der Waals surface area contributed by atoms with Gasteiger partial charge in [0.2, 0.25) is 0 Å². The van der Waals surface area contributed by atoms with Gasteiger partial charge < -0.3 is 9.84 Å². The SMILES string of the molecule is CCCCCCCCC(C)(O)Cc1ccc(OC)cc1. The standard InChI is InChI=1S/C18H30O2/c1-4-5-6-7-8-9-14-18(2,19)15-16-10-12-17(20-3)13-11-16/h10-13,19H,4-9,14-15H2,1-3H3. The average Bonchev–Trinajstić information content (AvgIpc) is 2.43. The first-order valence-corrected chi connectivity index (χ1v) is 7.93. The van der Waals surface area contributed by atoms with Crippen molar-refractivity contribution in [2.24, 2.45) is 0 Å². The Morgan fingerprint density at radius 1 is 1.00 bits per heavy atom. The van der Waals surface area contributed by atoms with Gasteiger partial charge in [0, 0.05) is 6.42 Å². The van der Waals surface area contributed by atoms with E-state index in [9.17, 15) is 5.11 Å². The van der Waals surface area contributed by atoms with Crippen molar-refractivity contribution >= 4 is 0 Å². The van der Waals surface area contributed by atoms with Gasteiger partial charge in [0.15, 0.2) is 0 Å². The largest absolute Gasteiger partial charge is 0.497 e. The summed E-state index contributed by atoms with van der Waals surface area (Å²) in [5.74, 6) is 0.865. The van der Waals surface area contributed by atoms with Crippen LogP contribution in [0, 0.1) is 0 Å². The minimum absolute atomic E-state index is 0.598. The van der Waals surface area contributed by atoms with Gasteiger partial charge in [-0.2, -0.15) is 0 Å². The van der Waals surface area contributed by atoms with Crippen molar-refractivity contribution in [1.82, 2.24) is 0 Å². The molecule has 0 bridgehead atoms.